The van der Waals surface area contributed by atoms with Gasteiger partial charge in [0.2, 0.25) is 5.91 Å². The van der Waals surface area contributed by atoms with Gasteiger partial charge in [0.05, 0.1) is 26.4 Å². The first kappa shape index (κ1) is 17.7. The van der Waals surface area contributed by atoms with Crippen LogP contribution in [0.5, 0.6) is 5.75 Å². The number of rotatable bonds is 7. The first-order valence-electron chi connectivity index (χ1n) is 7.82. The van der Waals surface area contributed by atoms with E-state index in [-0.39, 0.29) is 24.7 Å². The average molecular weight is 322 g/mol. The molecule has 1 amide bonds. The molecule has 6 nitrogen and oxygen atoms in total. The van der Waals surface area contributed by atoms with Crippen molar-refractivity contribution in [3.8, 4) is 5.75 Å². The highest BCUT2D eigenvalue weighted by Gasteiger charge is 2.33. The van der Waals surface area contributed by atoms with Crippen LogP contribution in [-0.2, 0) is 16.1 Å². The molecule has 23 heavy (non-hydrogen) atoms. The molecule has 0 aliphatic carbocycles. The van der Waals surface area contributed by atoms with Crippen molar-refractivity contribution < 1.29 is 19.4 Å². The molecule has 1 N–H and O–H groups in total. The Balaban J connectivity index is 1.88. The Hall–Kier alpha value is -1.63. The second-order valence-corrected chi connectivity index (χ2v) is 5.96. The van der Waals surface area contributed by atoms with Crippen molar-refractivity contribution in [1.29, 1.82) is 0 Å². The fourth-order valence-corrected chi connectivity index (χ4v) is 2.88. The van der Waals surface area contributed by atoms with E-state index in [1.165, 1.54) is 0 Å². The quantitative estimate of drug-likeness (QED) is 0.802. The molecule has 0 unspecified atom stereocenters. The number of hydrogen-bond acceptors (Lipinski definition) is 5. The lowest BCUT2D eigenvalue weighted by Gasteiger charge is -2.25. The van der Waals surface area contributed by atoms with Crippen LogP contribution in [0.15, 0.2) is 24.3 Å². The molecule has 1 aromatic carbocycles. The fraction of sp³-hybridized carbons (Fsp3) is 0.588. The predicted octanol–water partition coefficient (Wildman–Crippen LogP) is 0.735. The van der Waals surface area contributed by atoms with Gasteiger partial charge in [0, 0.05) is 33.3 Å². The van der Waals surface area contributed by atoms with Crippen LogP contribution < -0.4 is 4.74 Å². The maximum Gasteiger partial charge on any atom is 0.236 e. The third-order valence-corrected chi connectivity index (χ3v) is 4.38. The zero-order chi connectivity index (χ0) is 16.8. The molecular weight excluding hydrogens is 296 g/mol. The summed E-state index contributed by atoms with van der Waals surface area (Å²) in [5.41, 5.74) is 1.05. The zero-order valence-electron chi connectivity index (χ0n) is 14.1. The Morgan fingerprint density at radius 2 is 2.04 bits per heavy atom. The molecule has 1 aliphatic rings. The molecule has 2 atom stereocenters. The number of ether oxygens (including phenoxy) is 2. The number of nitrogens with zero attached hydrogens (tertiary/aromatic N) is 2. The molecule has 1 aliphatic heterocycles. The van der Waals surface area contributed by atoms with Gasteiger partial charge >= 0.3 is 0 Å². The van der Waals surface area contributed by atoms with E-state index in [1.807, 2.05) is 29.2 Å². The highest BCUT2D eigenvalue weighted by atomic mass is 16.5. The molecule has 0 aromatic heterocycles. The molecule has 1 saturated heterocycles. The summed E-state index contributed by atoms with van der Waals surface area (Å²) in [5, 5.41) is 9.45. The van der Waals surface area contributed by atoms with E-state index in [0.29, 0.717) is 19.6 Å². The van der Waals surface area contributed by atoms with E-state index in [4.69, 9.17) is 9.47 Å². The lowest BCUT2D eigenvalue weighted by molar-refractivity contribution is -0.132. The first-order valence-corrected chi connectivity index (χ1v) is 7.82. The Bertz CT molecular complexity index is 506. The van der Waals surface area contributed by atoms with Gasteiger partial charge in [0.15, 0.2) is 0 Å². The zero-order valence-corrected chi connectivity index (χ0v) is 14.1. The molecule has 0 bridgehead atoms. The number of aliphatic hydroxyl groups is 1. The van der Waals surface area contributed by atoms with Gasteiger partial charge < -0.3 is 19.5 Å². The van der Waals surface area contributed by atoms with Crippen LogP contribution in [0.25, 0.3) is 0 Å². The molecule has 0 radical (unpaired) electrons. The minimum Gasteiger partial charge on any atom is -0.497 e. The normalized spacial score (nSPS) is 21.4. The van der Waals surface area contributed by atoms with Crippen molar-refractivity contribution >= 4 is 5.91 Å². The Morgan fingerprint density at radius 1 is 1.35 bits per heavy atom. The Morgan fingerprint density at radius 3 is 2.61 bits per heavy atom. The number of carbonyl (C=O) groups is 1. The second kappa shape index (κ2) is 8.29. The third-order valence-electron chi connectivity index (χ3n) is 4.38. The van der Waals surface area contributed by atoms with Gasteiger partial charge in [-0.05, 0) is 24.1 Å². The van der Waals surface area contributed by atoms with Crippen LogP contribution >= 0.6 is 0 Å². The molecule has 128 valence electrons. The number of hydrogen-bond donors (Lipinski definition) is 1. The number of likely N-dealkylation sites (tertiary alicyclic amines) is 1. The molecule has 2 rings (SSSR count). The monoisotopic (exact) mass is 322 g/mol. The number of benzene rings is 1. The second-order valence-electron chi connectivity index (χ2n) is 5.96. The maximum atomic E-state index is 12.4. The summed E-state index contributed by atoms with van der Waals surface area (Å²) in [6, 6.07) is 7.68. The topological polar surface area (TPSA) is 62.2 Å². The first-order chi connectivity index (χ1) is 11.1. The van der Waals surface area contributed by atoms with E-state index in [9.17, 15) is 9.90 Å². The lowest BCUT2D eigenvalue weighted by atomic mass is 10.2. The minimum atomic E-state index is -0.00159. The highest BCUT2D eigenvalue weighted by molar-refractivity contribution is 5.78. The van der Waals surface area contributed by atoms with Crippen LogP contribution in [0.2, 0.25) is 0 Å². The third kappa shape index (κ3) is 4.67. The minimum absolute atomic E-state index is 0.00159. The van der Waals surface area contributed by atoms with Gasteiger partial charge in [0.25, 0.3) is 0 Å². The van der Waals surface area contributed by atoms with Crippen LogP contribution in [0, 0.1) is 0 Å². The summed E-state index contributed by atoms with van der Waals surface area (Å²) < 4.78 is 10.5. The van der Waals surface area contributed by atoms with Crippen molar-refractivity contribution in [2.75, 3.05) is 41.0 Å². The van der Waals surface area contributed by atoms with Crippen molar-refractivity contribution in [3.63, 3.8) is 0 Å². The van der Waals surface area contributed by atoms with E-state index < -0.39 is 0 Å². The number of aliphatic hydroxyl groups excluding tert-OH is 1. The molecular formula is C17H26N2O4. The summed E-state index contributed by atoms with van der Waals surface area (Å²) in [4.78, 5) is 16.1. The van der Waals surface area contributed by atoms with Gasteiger partial charge in [-0.3, -0.25) is 9.69 Å². The SMILES string of the molecule is COc1ccc(CN(C)C(=O)CN2C[C@H](OC)C[C@H]2CO)cc1. The summed E-state index contributed by atoms with van der Waals surface area (Å²) in [7, 11) is 5.09. The summed E-state index contributed by atoms with van der Waals surface area (Å²) in [6.45, 7) is 1.59. The van der Waals surface area contributed by atoms with Crippen molar-refractivity contribution in [1.82, 2.24) is 9.80 Å². The summed E-state index contributed by atoms with van der Waals surface area (Å²) in [5.74, 6) is 0.840. The Kier molecular flexibility index (Phi) is 6.38. The molecule has 0 saturated carbocycles. The summed E-state index contributed by atoms with van der Waals surface area (Å²) >= 11 is 0. The average Bonchev–Trinajstić information content (AvgIpc) is 2.97. The van der Waals surface area contributed by atoms with Crippen LogP contribution in [0.1, 0.15) is 12.0 Å². The molecule has 1 fully saturated rings. The van der Waals surface area contributed by atoms with Gasteiger partial charge in [-0.1, -0.05) is 12.1 Å². The number of amides is 1. The van der Waals surface area contributed by atoms with E-state index in [1.54, 1.807) is 26.2 Å². The number of likely N-dealkylation sites (N-methyl/N-ethyl adjacent to an activating group) is 1. The van der Waals surface area contributed by atoms with Crippen LogP contribution in [0.3, 0.4) is 0 Å². The van der Waals surface area contributed by atoms with Gasteiger partial charge in [0.1, 0.15) is 5.75 Å². The van der Waals surface area contributed by atoms with Gasteiger partial charge in [-0.2, -0.15) is 0 Å². The molecule has 1 heterocycles. The number of carbonyl (C=O) groups excluding carboxylic acids is 1. The van der Waals surface area contributed by atoms with Gasteiger partial charge in [-0.25, -0.2) is 0 Å². The summed E-state index contributed by atoms with van der Waals surface area (Å²) in [6.07, 6.45) is 0.856. The highest BCUT2D eigenvalue weighted by Crippen LogP contribution is 2.20. The van der Waals surface area contributed by atoms with Gasteiger partial charge in [-0.15, -0.1) is 0 Å². The van der Waals surface area contributed by atoms with Crippen molar-refractivity contribution in [3.05, 3.63) is 29.8 Å². The standard InChI is InChI=1S/C17H26N2O4/c1-18(9-13-4-6-15(22-2)7-5-13)17(21)11-19-10-16(23-3)8-14(19)12-20/h4-7,14,16,20H,8-12H2,1-3H3/t14-,16+/m0/s1. The van der Waals surface area contributed by atoms with Crippen LogP contribution in [-0.4, -0.2) is 73.9 Å². The van der Waals surface area contributed by atoms with Crippen LogP contribution in [0.4, 0.5) is 0 Å². The predicted molar refractivity (Wildman–Crippen MR) is 87.3 cm³/mol. The van der Waals surface area contributed by atoms with E-state index in [0.717, 1.165) is 17.7 Å². The van der Waals surface area contributed by atoms with Crippen molar-refractivity contribution in [2.45, 2.75) is 25.1 Å². The van der Waals surface area contributed by atoms with E-state index in [2.05, 4.69) is 0 Å². The molecule has 6 heteroatoms. The van der Waals surface area contributed by atoms with E-state index >= 15 is 0 Å². The smallest absolute Gasteiger partial charge is 0.236 e. The fourth-order valence-electron chi connectivity index (χ4n) is 2.88. The maximum absolute atomic E-state index is 12.4. The largest absolute Gasteiger partial charge is 0.497 e. The number of methoxy groups -OCH3 is 2. The lowest BCUT2D eigenvalue weighted by Crippen LogP contribution is -2.41. The molecule has 1 aromatic rings. The van der Waals surface area contributed by atoms with Crippen molar-refractivity contribution in [2.24, 2.45) is 0 Å². The molecule has 0 spiro atoms. The Labute approximate surface area is 137 Å².